The Labute approximate surface area is 97.6 Å². The van der Waals surface area contributed by atoms with Crippen molar-refractivity contribution in [3.63, 3.8) is 0 Å². The molecule has 0 bridgehead atoms. The SMILES string of the molecule is CC1CCC(N2CCc3ccccc32)CN1. The van der Waals surface area contributed by atoms with E-state index in [1.165, 1.54) is 37.1 Å². The van der Waals surface area contributed by atoms with Crippen molar-refractivity contribution in [2.45, 2.75) is 38.3 Å². The van der Waals surface area contributed by atoms with E-state index in [1.807, 2.05) is 0 Å². The number of hydrogen-bond acceptors (Lipinski definition) is 2. The normalized spacial score (nSPS) is 29.2. The molecule has 2 unspecified atom stereocenters. The Morgan fingerprint density at radius 3 is 2.94 bits per heavy atom. The topological polar surface area (TPSA) is 15.3 Å². The molecule has 2 aliphatic heterocycles. The maximum absolute atomic E-state index is 3.60. The summed E-state index contributed by atoms with van der Waals surface area (Å²) < 4.78 is 0. The summed E-state index contributed by atoms with van der Waals surface area (Å²) in [5.74, 6) is 0. The van der Waals surface area contributed by atoms with Crippen molar-refractivity contribution >= 4 is 5.69 Å². The van der Waals surface area contributed by atoms with Crippen LogP contribution in [0.25, 0.3) is 0 Å². The lowest BCUT2D eigenvalue weighted by atomic mass is 10.0. The van der Waals surface area contributed by atoms with Gasteiger partial charge in [0.15, 0.2) is 0 Å². The van der Waals surface area contributed by atoms with E-state index in [1.54, 1.807) is 0 Å². The summed E-state index contributed by atoms with van der Waals surface area (Å²) in [5.41, 5.74) is 3.00. The quantitative estimate of drug-likeness (QED) is 0.774. The third kappa shape index (κ3) is 1.71. The lowest BCUT2D eigenvalue weighted by Gasteiger charge is -2.36. The van der Waals surface area contributed by atoms with Crippen LogP contribution in [0.2, 0.25) is 0 Å². The molecule has 1 aromatic carbocycles. The van der Waals surface area contributed by atoms with Crippen LogP contribution in [0.15, 0.2) is 24.3 Å². The summed E-state index contributed by atoms with van der Waals surface area (Å²) in [4.78, 5) is 2.61. The molecule has 2 nitrogen and oxygen atoms in total. The van der Waals surface area contributed by atoms with Crippen molar-refractivity contribution in [1.82, 2.24) is 5.32 Å². The maximum atomic E-state index is 3.60. The molecule has 0 amide bonds. The van der Waals surface area contributed by atoms with Crippen molar-refractivity contribution in [3.05, 3.63) is 29.8 Å². The lowest BCUT2D eigenvalue weighted by molar-refractivity contribution is 0.371. The van der Waals surface area contributed by atoms with Crippen molar-refractivity contribution in [2.24, 2.45) is 0 Å². The van der Waals surface area contributed by atoms with Gasteiger partial charge >= 0.3 is 0 Å². The molecule has 0 radical (unpaired) electrons. The zero-order chi connectivity index (χ0) is 11.0. The highest BCUT2D eigenvalue weighted by Crippen LogP contribution is 2.31. The Bertz CT molecular complexity index is 367. The fourth-order valence-electron chi connectivity index (χ4n) is 2.99. The zero-order valence-corrected chi connectivity index (χ0v) is 9.95. The van der Waals surface area contributed by atoms with E-state index >= 15 is 0 Å². The Morgan fingerprint density at radius 1 is 1.25 bits per heavy atom. The first-order chi connectivity index (χ1) is 7.84. The van der Waals surface area contributed by atoms with Crippen molar-refractivity contribution in [3.8, 4) is 0 Å². The number of piperidine rings is 1. The summed E-state index contributed by atoms with van der Waals surface area (Å²) >= 11 is 0. The fourth-order valence-corrected chi connectivity index (χ4v) is 2.99. The number of rotatable bonds is 1. The van der Waals surface area contributed by atoms with E-state index < -0.39 is 0 Å². The second-order valence-corrected chi connectivity index (χ2v) is 5.11. The first-order valence-electron chi connectivity index (χ1n) is 6.42. The number of benzene rings is 1. The molecule has 0 aromatic heterocycles. The van der Waals surface area contributed by atoms with E-state index in [0.717, 1.165) is 6.54 Å². The van der Waals surface area contributed by atoms with Gasteiger partial charge in [0.25, 0.3) is 0 Å². The van der Waals surface area contributed by atoms with Gasteiger partial charge in [-0.2, -0.15) is 0 Å². The van der Waals surface area contributed by atoms with Gasteiger partial charge < -0.3 is 10.2 Å². The van der Waals surface area contributed by atoms with Crippen LogP contribution in [0.1, 0.15) is 25.3 Å². The lowest BCUT2D eigenvalue weighted by Crippen LogP contribution is -2.48. The molecule has 0 saturated carbocycles. The van der Waals surface area contributed by atoms with Crippen LogP contribution in [0.5, 0.6) is 0 Å². The average Bonchev–Trinajstić information content (AvgIpc) is 2.74. The van der Waals surface area contributed by atoms with Crippen LogP contribution in [-0.4, -0.2) is 25.2 Å². The third-order valence-corrected chi connectivity index (χ3v) is 4.00. The number of anilines is 1. The van der Waals surface area contributed by atoms with Gasteiger partial charge in [0.05, 0.1) is 0 Å². The minimum atomic E-state index is 0.703. The molecule has 3 rings (SSSR count). The minimum absolute atomic E-state index is 0.703. The molecule has 2 aliphatic rings. The molecule has 86 valence electrons. The Hall–Kier alpha value is -1.02. The molecule has 0 spiro atoms. The largest absolute Gasteiger partial charge is 0.367 e. The van der Waals surface area contributed by atoms with Crippen LogP contribution in [0.3, 0.4) is 0 Å². The standard InChI is InChI=1S/C14H20N2/c1-11-6-7-13(10-15-11)16-9-8-12-4-2-3-5-14(12)16/h2-5,11,13,15H,6-10H2,1H3. The molecule has 1 N–H and O–H groups in total. The van der Waals surface area contributed by atoms with Gasteiger partial charge in [-0.1, -0.05) is 18.2 Å². The molecule has 2 heterocycles. The molecule has 1 aromatic rings. The predicted octanol–water partition coefficient (Wildman–Crippen LogP) is 2.19. The van der Waals surface area contributed by atoms with E-state index in [4.69, 9.17) is 0 Å². The summed E-state index contributed by atoms with van der Waals surface area (Å²) in [6.07, 6.45) is 3.87. The molecule has 0 aliphatic carbocycles. The highest BCUT2D eigenvalue weighted by molar-refractivity contribution is 5.58. The van der Waals surface area contributed by atoms with E-state index in [2.05, 4.69) is 41.4 Å². The monoisotopic (exact) mass is 216 g/mol. The molecule has 2 heteroatoms. The van der Waals surface area contributed by atoms with Gasteiger partial charge in [-0.05, 0) is 37.8 Å². The van der Waals surface area contributed by atoms with E-state index in [-0.39, 0.29) is 0 Å². The zero-order valence-electron chi connectivity index (χ0n) is 9.95. The fraction of sp³-hybridized carbons (Fsp3) is 0.571. The van der Waals surface area contributed by atoms with Crippen LogP contribution >= 0.6 is 0 Å². The molecule has 2 atom stereocenters. The Balaban J connectivity index is 1.77. The third-order valence-electron chi connectivity index (χ3n) is 4.00. The summed E-state index contributed by atoms with van der Waals surface area (Å²) in [5, 5.41) is 3.60. The first kappa shape index (κ1) is 10.2. The van der Waals surface area contributed by atoms with Gasteiger partial charge in [0.1, 0.15) is 0 Å². The number of nitrogens with one attached hydrogen (secondary N) is 1. The predicted molar refractivity (Wildman–Crippen MR) is 68.0 cm³/mol. The maximum Gasteiger partial charge on any atom is 0.0415 e. The van der Waals surface area contributed by atoms with Gasteiger partial charge in [0.2, 0.25) is 0 Å². The highest BCUT2D eigenvalue weighted by Gasteiger charge is 2.28. The molecular weight excluding hydrogens is 196 g/mol. The van der Waals surface area contributed by atoms with Crippen molar-refractivity contribution in [2.75, 3.05) is 18.0 Å². The summed E-state index contributed by atoms with van der Waals surface area (Å²) in [7, 11) is 0. The van der Waals surface area contributed by atoms with Gasteiger partial charge in [-0.15, -0.1) is 0 Å². The van der Waals surface area contributed by atoms with Crippen LogP contribution < -0.4 is 10.2 Å². The molecule has 1 fully saturated rings. The minimum Gasteiger partial charge on any atom is -0.367 e. The van der Waals surface area contributed by atoms with Crippen molar-refractivity contribution in [1.29, 1.82) is 0 Å². The molecule has 16 heavy (non-hydrogen) atoms. The number of para-hydroxylation sites is 1. The Morgan fingerprint density at radius 2 is 2.12 bits per heavy atom. The average molecular weight is 216 g/mol. The second kappa shape index (κ2) is 4.10. The van der Waals surface area contributed by atoms with Crippen LogP contribution in [-0.2, 0) is 6.42 Å². The van der Waals surface area contributed by atoms with Gasteiger partial charge in [-0.3, -0.25) is 0 Å². The van der Waals surface area contributed by atoms with Crippen LogP contribution in [0.4, 0.5) is 5.69 Å². The molecular formula is C14H20N2. The Kier molecular flexibility index (Phi) is 2.60. The summed E-state index contributed by atoms with van der Waals surface area (Å²) in [6.45, 7) is 4.64. The number of nitrogens with zero attached hydrogens (tertiary/aromatic N) is 1. The highest BCUT2D eigenvalue weighted by atomic mass is 15.2. The smallest absolute Gasteiger partial charge is 0.0415 e. The second-order valence-electron chi connectivity index (χ2n) is 5.11. The van der Waals surface area contributed by atoms with Crippen molar-refractivity contribution < 1.29 is 0 Å². The van der Waals surface area contributed by atoms with Crippen LogP contribution in [0, 0.1) is 0 Å². The van der Waals surface area contributed by atoms with Gasteiger partial charge in [-0.25, -0.2) is 0 Å². The molecule has 1 saturated heterocycles. The summed E-state index contributed by atoms with van der Waals surface area (Å²) in [6, 6.07) is 10.3. The first-order valence-corrected chi connectivity index (χ1v) is 6.42. The van der Waals surface area contributed by atoms with E-state index in [0.29, 0.717) is 12.1 Å². The van der Waals surface area contributed by atoms with Gasteiger partial charge in [0, 0.05) is 30.9 Å². The number of hydrogen-bond donors (Lipinski definition) is 1. The van der Waals surface area contributed by atoms with E-state index in [9.17, 15) is 0 Å². The number of fused-ring (bicyclic) bond motifs is 1.